The average Bonchev–Trinajstić information content (AvgIpc) is 3.20. The number of likely N-dealkylation sites (tertiary alicyclic amines) is 1. The normalized spacial score (nSPS) is 17.9. The summed E-state index contributed by atoms with van der Waals surface area (Å²) in [4.78, 5) is 25.3. The maximum Gasteiger partial charge on any atom is 0.335 e. The third-order valence-corrected chi connectivity index (χ3v) is 6.80. The van der Waals surface area contributed by atoms with Crippen LogP contribution in [0, 0.1) is 5.92 Å². The third kappa shape index (κ3) is 7.84. The van der Waals surface area contributed by atoms with Gasteiger partial charge in [0.15, 0.2) is 0 Å². The van der Waals surface area contributed by atoms with Crippen molar-refractivity contribution in [3.05, 3.63) is 83.4 Å². The molecule has 1 amide bonds. The fourth-order valence-electron chi connectivity index (χ4n) is 4.53. The fraction of sp³-hybridized carbons (Fsp3) is 0.448. The Kier molecular flexibility index (Phi) is 9.89. The highest BCUT2D eigenvalue weighted by molar-refractivity contribution is 5.87. The lowest BCUT2D eigenvalue weighted by Gasteiger charge is -2.23. The number of amides is 1. The molecule has 5 nitrogen and oxygen atoms in total. The Balaban J connectivity index is 1.40. The molecule has 0 aliphatic carbocycles. The Labute approximate surface area is 203 Å². The van der Waals surface area contributed by atoms with E-state index in [-0.39, 0.29) is 23.4 Å². The van der Waals surface area contributed by atoms with Gasteiger partial charge in [0.2, 0.25) is 5.91 Å². The van der Waals surface area contributed by atoms with Crippen LogP contribution in [-0.2, 0) is 17.6 Å². The number of benzene rings is 2. The molecule has 0 aromatic heterocycles. The van der Waals surface area contributed by atoms with E-state index in [0.717, 1.165) is 37.7 Å². The topological polar surface area (TPSA) is 77.8 Å². The van der Waals surface area contributed by atoms with Gasteiger partial charge in [-0.15, -0.1) is 0 Å². The van der Waals surface area contributed by atoms with Gasteiger partial charge in [-0.05, 0) is 61.3 Å². The number of nitrogens with zero attached hydrogens (tertiary/aromatic N) is 1. The predicted molar refractivity (Wildman–Crippen MR) is 135 cm³/mol. The summed E-state index contributed by atoms with van der Waals surface area (Å²) in [6.07, 6.45) is 10.9. The zero-order valence-corrected chi connectivity index (χ0v) is 20.1. The fourth-order valence-corrected chi connectivity index (χ4v) is 4.53. The van der Waals surface area contributed by atoms with Gasteiger partial charge in [-0.25, -0.2) is 4.79 Å². The van der Waals surface area contributed by atoms with Crippen LogP contribution < -0.4 is 0 Å². The number of carbonyl (C=O) groups is 2. The minimum Gasteiger partial charge on any atom is -0.478 e. The van der Waals surface area contributed by atoms with Crippen LogP contribution in [0.3, 0.4) is 0 Å². The number of hydrogen-bond donors (Lipinski definition) is 2. The monoisotopic (exact) mass is 463 g/mol. The largest absolute Gasteiger partial charge is 0.478 e. The zero-order valence-electron chi connectivity index (χ0n) is 20.1. The Morgan fingerprint density at radius 1 is 1.03 bits per heavy atom. The molecule has 0 radical (unpaired) electrons. The van der Waals surface area contributed by atoms with Gasteiger partial charge < -0.3 is 15.1 Å². The second kappa shape index (κ2) is 13.1. The second-order valence-electron chi connectivity index (χ2n) is 9.38. The van der Waals surface area contributed by atoms with Crippen LogP contribution in [0.25, 0.3) is 0 Å². The lowest BCUT2D eigenvalue weighted by molar-refractivity contribution is -0.128. The minimum atomic E-state index is -0.938. The summed E-state index contributed by atoms with van der Waals surface area (Å²) in [6.45, 7) is 2.68. The molecule has 34 heavy (non-hydrogen) atoms. The van der Waals surface area contributed by atoms with Crippen molar-refractivity contribution in [2.45, 2.75) is 70.4 Å². The van der Waals surface area contributed by atoms with Gasteiger partial charge in [0.05, 0.1) is 17.7 Å². The van der Waals surface area contributed by atoms with Gasteiger partial charge in [-0.3, -0.25) is 4.79 Å². The van der Waals surface area contributed by atoms with Crippen molar-refractivity contribution >= 4 is 11.9 Å². The second-order valence-corrected chi connectivity index (χ2v) is 9.38. The molecule has 2 N–H and O–H groups in total. The van der Waals surface area contributed by atoms with Crippen LogP contribution in [0.15, 0.2) is 66.7 Å². The van der Waals surface area contributed by atoms with E-state index in [4.69, 9.17) is 5.11 Å². The summed E-state index contributed by atoms with van der Waals surface area (Å²) in [7, 11) is 0. The van der Waals surface area contributed by atoms with Crippen LogP contribution >= 0.6 is 0 Å². The molecule has 1 saturated heterocycles. The quantitative estimate of drug-likeness (QED) is 0.313. The van der Waals surface area contributed by atoms with Gasteiger partial charge in [-0.2, -0.15) is 0 Å². The number of carbonyl (C=O) groups excluding carboxylic acids is 1. The third-order valence-electron chi connectivity index (χ3n) is 6.80. The summed E-state index contributed by atoms with van der Waals surface area (Å²) in [6, 6.07) is 17.4. The smallest absolute Gasteiger partial charge is 0.335 e. The van der Waals surface area contributed by atoms with Gasteiger partial charge in [-0.1, -0.05) is 74.4 Å². The molecule has 0 saturated carbocycles. The van der Waals surface area contributed by atoms with E-state index in [9.17, 15) is 14.7 Å². The number of carboxylic acid groups (broad SMARTS) is 1. The van der Waals surface area contributed by atoms with E-state index in [2.05, 4.69) is 31.2 Å². The van der Waals surface area contributed by atoms with Crippen molar-refractivity contribution in [2.24, 2.45) is 5.92 Å². The van der Waals surface area contributed by atoms with Crippen molar-refractivity contribution < 1.29 is 19.8 Å². The van der Waals surface area contributed by atoms with Gasteiger partial charge in [0.1, 0.15) is 0 Å². The van der Waals surface area contributed by atoms with Crippen LogP contribution in [0.1, 0.15) is 66.9 Å². The Bertz CT molecular complexity index is 938. The summed E-state index contributed by atoms with van der Waals surface area (Å²) in [5.41, 5.74) is 2.65. The van der Waals surface area contributed by atoms with Crippen molar-refractivity contribution in [3.8, 4) is 0 Å². The zero-order chi connectivity index (χ0) is 24.3. The van der Waals surface area contributed by atoms with E-state index < -0.39 is 12.1 Å². The van der Waals surface area contributed by atoms with E-state index >= 15 is 0 Å². The maximum absolute atomic E-state index is 12.4. The molecular formula is C29H37NO4. The van der Waals surface area contributed by atoms with Gasteiger partial charge >= 0.3 is 5.97 Å². The first kappa shape index (κ1) is 25.7. The minimum absolute atomic E-state index is 0.0125. The Hall–Kier alpha value is -2.92. The molecule has 0 spiro atoms. The molecule has 1 aliphatic rings. The number of aliphatic hydroxyl groups excluding tert-OH is 1. The molecule has 0 unspecified atom stereocenters. The molecule has 0 bridgehead atoms. The summed E-state index contributed by atoms with van der Waals surface area (Å²) >= 11 is 0. The molecule has 3 atom stereocenters. The van der Waals surface area contributed by atoms with Gasteiger partial charge in [0, 0.05) is 13.0 Å². The van der Waals surface area contributed by atoms with Crippen LogP contribution in [-0.4, -0.2) is 45.7 Å². The van der Waals surface area contributed by atoms with E-state index in [0.29, 0.717) is 19.4 Å². The lowest BCUT2D eigenvalue weighted by atomic mass is 9.95. The number of unbranched alkanes of at least 4 members (excludes halogenated alkanes) is 2. The Morgan fingerprint density at radius 2 is 1.74 bits per heavy atom. The molecular weight excluding hydrogens is 426 g/mol. The predicted octanol–water partition coefficient (Wildman–Crippen LogP) is 5.27. The number of aryl methyl sites for hydroxylation is 1. The van der Waals surface area contributed by atoms with Crippen LogP contribution in [0.5, 0.6) is 0 Å². The highest BCUT2D eigenvalue weighted by Gasteiger charge is 2.29. The average molecular weight is 464 g/mol. The number of hydrogen-bond acceptors (Lipinski definition) is 3. The summed E-state index contributed by atoms with van der Waals surface area (Å²) in [5, 5.41) is 19.6. The lowest BCUT2D eigenvalue weighted by Crippen LogP contribution is -2.34. The Morgan fingerprint density at radius 3 is 2.44 bits per heavy atom. The van der Waals surface area contributed by atoms with E-state index in [1.54, 1.807) is 24.3 Å². The number of aromatic carboxylic acids is 1. The summed E-state index contributed by atoms with van der Waals surface area (Å²) < 4.78 is 0. The highest BCUT2D eigenvalue weighted by Crippen LogP contribution is 2.22. The molecule has 2 aromatic carbocycles. The summed E-state index contributed by atoms with van der Waals surface area (Å²) in [5.74, 6) is -0.615. The van der Waals surface area contributed by atoms with E-state index in [1.165, 1.54) is 12.0 Å². The SMILES string of the molecule is C[C@@H](CCCCCc1ccccc1)[C@H](O)C=C[C@H]1CCC(=O)N1CCc1ccc(C(=O)O)cc1. The first-order valence-electron chi connectivity index (χ1n) is 12.5. The molecule has 1 fully saturated rings. The first-order chi connectivity index (χ1) is 16.4. The van der Waals surface area contributed by atoms with E-state index in [1.807, 2.05) is 23.1 Å². The van der Waals surface area contributed by atoms with Crippen molar-refractivity contribution in [1.29, 1.82) is 0 Å². The first-order valence-corrected chi connectivity index (χ1v) is 12.5. The van der Waals surface area contributed by atoms with Crippen LogP contribution in [0.4, 0.5) is 0 Å². The number of carboxylic acids is 1. The standard InChI is InChI=1S/C29H37NO4/c1-22(8-4-2-5-9-23-10-6-3-7-11-23)27(31)18-16-26-17-19-28(32)30(26)21-20-24-12-14-25(15-13-24)29(33)34/h3,6-7,10-16,18,22,26-27,31H,2,4-5,8-9,17,19-21H2,1H3,(H,33,34)/t22-,26-,27+/m0/s1. The van der Waals surface area contributed by atoms with Crippen LogP contribution in [0.2, 0.25) is 0 Å². The van der Waals surface area contributed by atoms with Gasteiger partial charge in [0.25, 0.3) is 0 Å². The molecule has 1 heterocycles. The maximum atomic E-state index is 12.4. The molecule has 5 heteroatoms. The van der Waals surface area contributed by atoms with Crippen molar-refractivity contribution in [1.82, 2.24) is 4.90 Å². The highest BCUT2D eigenvalue weighted by atomic mass is 16.4. The molecule has 1 aliphatic heterocycles. The number of aliphatic hydroxyl groups is 1. The van der Waals surface area contributed by atoms with Crippen molar-refractivity contribution in [3.63, 3.8) is 0 Å². The molecule has 2 aromatic rings. The molecule has 3 rings (SSSR count). The van der Waals surface area contributed by atoms with Crippen molar-refractivity contribution in [2.75, 3.05) is 6.54 Å². The number of rotatable bonds is 13. The molecule has 182 valence electrons.